The Hall–Kier alpha value is -0.410. The van der Waals surface area contributed by atoms with Crippen molar-refractivity contribution in [3.05, 3.63) is 24.0 Å². The average Bonchev–Trinajstić information content (AvgIpc) is 2.74. The Morgan fingerprint density at radius 3 is 3.00 bits per heavy atom. The molecule has 0 radical (unpaired) electrons. The third-order valence-corrected chi connectivity index (χ3v) is 4.08. The predicted molar refractivity (Wildman–Crippen MR) is 58.0 cm³/mol. The van der Waals surface area contributed by atoms with Crippen molar-refractivity contribution in [3.63, 3.8) is 0 Å². The summed E-state index contributed by atoms with van der Waals surface area (Å²) in [5, 5.41) is 3.49. The largest absolute Gasteiger partial charge is 0.364 e. The third-order valence-electron chi connectivity index (χ3n) is 2.67. The molecule has 1 heterocycles. The van der Waals surface area contributed by atoms with Gasteiger partial charge in [-0.25, -0.2) is 0 Å². The van der Waals surface area contributed by atoms with Gasteiger partial charge in [0, 0.05) is 29.7 Å². The molecule has 72 valence electrons. The van der Waals surface area contributed by atoms with E-state index < -0.39 is 0 Å². The van der Waals surface area contributed by atoms with Gasteiger partial charge < -0.3 is 10.3 Å². The first kappa shape index (κ1) is 9.16. The maximum absolute atomic E-state index is 3.49. The van der Waals surface area contributed by atoms with Crippen LogP contribution in [0.15, 0.2) is 18.3 Å². The van der Waals surface area contributed by atoms with Crippen LogP contribution in [0.2, 0.25) is 0 Å². The fraction of sp³-hybridized carbons (Fsp3) is 0.600. The van der Waals surface area contributed by atoms with Gasteiger partial charge in [-0.15, -0.1) is 0 Å². The van der Waals surface area contributed by atoms with Crippen LogP contribution in [0.25, 0.3) is 0 Å². The highest BCUT2D eigenvalue weighted by atomic mass is 32.2. The van der Waals surface area contributed by atoms with Crippen LogP contribution in [0.1, 0.15) is 18.5 Å². The first-order valence-electron chi connectivity index (χ1n) is 4.73. The van der Waals surface area contributed by atoms with E-state index in [0.717, 1.165) is 13.1 Å². The van der Waals surface area contributed by atoms with Crippen LogP contribution in [0.4, 0.5) is 0 Å². The van der Waals surface area contributed by atoms with E-state index in [9.17, 15) is 0 Å². The average molecular weight is 196 g/mol. The van der Waals surface area contributed by atoms with Gasteiger partial charge in [0.05, 0.1) is 0 Å². The molecule has 2 nitrogen and oxygen atoms in total. The first-order valence-corrected chi connectivity index (χ1v) is 5.95. The third kappa shape index (κ3) is 2.29. The molecule has 2 N–H and O–H groups in total. The van der Waals surface area contributed by atoms with Crippen molar-refractivity contribution in [2.75, 3.05) is 12.8 Å². The summed E-state index contributed by atoms with van der Waals surface area (Å²) in [5.41, 5.74) is 1.27. The van der Waals surface area contributed by atoms with E-state index in [4.69, 9.17) is 0 Å². The second-order valence-corrected chi connectivity index (χ2v) is 4.96. The molecule has 1 aliphatic rings. The van der Waals surface area contributed by atoms with Crippen LogP contribution in [-0.2, 0) is 6.54 Å². The molecule has 3 heteroatoms. The number of hydrogen-bond acceptors (Lipinski definition) is 2. The van der Waals surface area contributed by atoms with Gasteiger partial charge in [0.15, 0.2) is 0 Å². The normalized spacial score (nSPS) is 18.8. The lowest BCUT2D eigenvalue weighted by Crippen LogP contribution is -2.25. The van der Waals surface area contributed by atoms with E-state index in [0.29, 0.717) is 4.75 Å². The van der Waals surface area contributed by atoms with Crippen molar-refractivity contribution < 1.29 is 0 Å². The highest BCUT2D eigenvalue weighted by molar-refractivity contribution is 8.00. The minimum Gasteiger partial charge on any atom is -0.364 e. The molecular formula is C10H16N2S. The molecule has 0 amide bonds. The molecule has 0 aliphatic heterocycles. The van der Waals surface area contributed by atoms with Gasteiger partial charge in [0.2, 0.25) is 0 Å². The first-order chi connectivity index (χ1) is 6.35. The van der Waals surface area contributed by atoms with Crippen molar-refractivity contribution >= 4 is 11.8 Å². The van der Waals surface area contributed by atoms with Crippen molar-refractivity contribution in [1.82, 2.24) is 10.3 Å². The SMILES string of the molecule is CSC1(CNCc2ccc[nH]2)CC1. The van der Waals surface area contributed by atoms with E-state index in [1.165, 1.54) is 18.5 Å². The second-order valence-electron chi connectivity index (χ2n) is 3.69. The number of nitrogens with one attached hydrogen (secondary N) is 2. The molecule has 1 aliphatic carbocycles. The van der Waals surface area contributed by atoms with Crippen LogP contribution in [0.3, 0.4) is 0 Å². The zero-order valence-electron chi connectivity index (χ0n) is 7.97. The topological polar surface area (TPSA) is 27.8 Å². The minimum absolute atomic E-state index is 0.576. The molecule has 0 unspecified atom stereocenters. The van der Waals surface area contributed by atoms with E-state index in [1.54, 1.807) is 0 Å². The highest BCUT2D eigenvalue weighted by Crippen LogP contribution is 2.46. The van der Waals surface area contributed by atoms with Crippen molar-refractivity contribution in [2.24, 2.45) is 0 Å². The molecule has 0 saturated heterocycles. The molecular weight excluding hydrogens is 180 g/mol. The number of thioether (sulfide) groups is 1. The maximum atomic E-state index is 3.49. The number of H-pyrrole nitrogens is 1. The lowest BCUT2D eigenvalue weighted by Gasteiger charge is -2.12. The minimum atomic E-state index is 0.576. The summed E-state index contributed by atoms with van der Waals surface area (Å²) in [4.78, 5) is 3.19. The van der Waals surface area contributed by atoms with E-state index >= 15 is 0 Å². The molecule has 1 aromatic rings. The van der Waals surface area contributed by atoms with E-state index in [2.05, 4.69) is 22.6 Å². The molecule has 1 saturated carbocycles. The molecule has 13 heavy (non-hydrogen) atoms. The predicted octanol–water partition coefficient (Wildman–Crippen LogP) is 2.00. The fourth-order valence-corrected chi connectivity index (χ4v) is 2.25. The van der Waals surface area contributed by atoms with Crippen LogP contribution in [-0.4, -0.2) is 22.5 Å². The Labute approximate surface area is 83.5 Å². The summed E-state index contributed by atoms with van der Waals surface area (Å²) in [5.74, 6) is 0. The lowest BCUT2D eigenvalue weighted by atomic mass is 10.4. The second kappa shape index (κ2) is 3.76. The Morgan fingerprint density at radius 2 is 2.46 bits per heavy atom. The summed E-state index contributed by atoms with van der Waals surface area (Å²) in [6.07, 6.45) is 6.94. The number of aromatic nitrogens is 1. The van der Waals surface area contributed by atoms with E-state index in [1.807, 2.05) is 24.0 Å². The molecule has 0 bridgehead atoms. The Balaban J connectivity index is 1.70. The quantitative estimate of drug-likeness (QED) is 0.754. The molecule has 1 fully saturated rings. The van der Waals surface area contributed by atoms with Crippen LogP contribution >= 0.6 is 11.8 Å². The monoisotopic (exact) mass is 196 g/mol. The number of aromatic amines is 1. The van der Waals surface area contributed by atoms with Gasteiger partial charge >= 0.3 is 0 Å². The van der Waals surface area contributed by atoms with E-state index in [-0.39, 0.29) is 0 Å². The Morgan fingerprint density at radius 1 is 1.62 bits per heavy atom. The van der Waals surface area contributed by atoms with Crippen LogP contribution in [0, 0.1) is 0 Å². The molecule has 0 atom stereocenters. The van der Waals surface area contributed by atoms with Gasteiger partial charge in [-0.1, -0.05) is 0 Å². The van der Waals surface area contributed by atoms with Crippen LogP contribution < -0.4 is 5.32 Å². The van der Waals surface area contributed by atoms with Crippen molar-refractivity contribution in [1.29, 1.82) is 0 Å². The van der Waals surface area contributed by atoms with Crippen LogP contribution in [0.5, 0.6) is 0 Å². The van der Waals surface area contributed by atoms with Gasteiger partial charge in [-0.05, 0) is 31.2 Å². The standard InChI is InChI=1S/C10H16N2S/c1-13-10(4-5-10)8-11-7-9-3-2-6-12-9/h2-3,6,11-12H,4-5,7-8H2,1H3. The number of rotatable bonds is 5. The maximum Gasteiger partial charge on any atom is 0.0357 e. The summed E-state index contributed by atoms with van der Waals surface area (Å²) >= 11 is 2.00. The van der Waals surface area contributed by atoms with Gasteiger partial charge in [0.1, 0.15) is 0 Å². The molecule has 1 aromatic heterocycles. The number of hydrogen-bond donors (Lipinski definition) is 2. The molecule has 0 spiro atoms. The molecule has 2 rings (SSSR count). The smallest absolute Gasteiger partial charge is 0.0357 e. The van der Waals surface area contributed by atoms with Crippen molar-refractivity contribution in [2.45, 2.75) is 24.1 Å². The van der Waals surface area contributed by atoms with Crippen molar-refractivity contribution in [3.8, 4) is 0 Å². The van der Waals surface area contributed by atoms with Gasteiger partial charge in [-0.3, -0.25) is 0 Å². The summed E-state index contributed by atoms with van der Waals surface area (Å²) < 4.78 is 0.576. The fourth-order valence-electron chi connectivity index (χ4n) is 1.49. The Bertz CT molecular complexity index is 252. The zero-order chi connectivity index (χ0) is 9.15. The molecule has 0 aromatic carbocycles. The summed E-state index contributed by atoms with van der Waals surface area (Å²) in [6, 6.07) is 4.16. The summed E-state index contributed by atoms with van der Waals surface area (Å²) in [7, 11) is 0. The van der Waals surface area contributed by atoms with Gasteiger partial charge in [0.25, 0.3) is 0 Å². The Kier molecular flexibility index (Phi) is 2.65. The highest BCUT2D eigenvalue weighted by Gasteiger charge is 2.41. The summed E-state index contributed by atoms with van der Waals surface area (Å²) in [6.45, 7) is 2.11. The zero-order valence-corrected chi connectivity index (χ0v) is 8.79. The lowest BCUT2D eigenvalue weighted by molar-refractivity contribution is 0.655. The van der Waals surface area contributed by atoms with Gasteiger partial charge in [-0.2, -0.15) is 11.8 Å².